The minimum atomic E-state index is -3.65. The molecule has 1 amide bonds. The van der Waals surface area contributed by atoms with E-state index in [0.29, 0.717) is 44.8 Å². The molecule has 4 rings (SSSR count). The highest BCUT2D eigenvalue weighted by molar-refractivity contribution is 7.89. The Hall–Kier alpha value is -2.35. The predicted molar refractivity (Wildman–Crippen MR) is 130 cm³/mol. The van der Waals surface area contributed by atoms with E-state index in [2.05, 4.69) is 16.3 Å². The summed E-state index contributed by atoms with van der Waals surface area (Å²) in [7, 11) is -1.95. The van der Waals surface area contributed by atoms with Gasteiger partial charge in [-0.3, -0.25) is 4.79 Å². The van der Waals surface area contributed by atoms with Gasteiger partial charge in [-0.05, 0) is 43.9 Å². The van der Waals surface area contributed by atoms with Crippen LogP contribution in [0.3, 0.4) is 0 Å². The summed E-state index contributed by atoms with van der Waals surface area (Å²) >= 11 is 0. The maximum Gasteiger partial charge on any atom is 0.243 e. The Kier molecular flexibility index (Phi) is 7.65. The number of nitrogens with one attached hydrogen (secondary N) is 1. The number of likely N-dealkylation sites (N-methyl/N-ethyl adjacent to an activating group) is 1. The molecule has 9 nitrogen and oxygen atoms in total. The quantitative estimate of drug-likeness (QED) is 0.627. The lowest BCUT2D eigenvalue weighted by Gasteiger charge is -2.39. The monoisotopic (exact) mass is 489 g/mol. The first kappa shape index (κ1) is 24.8. The second kappa shape index (κ2) is 10.5. The van der Waals surface area contributed by atoms with Crippen molar-refractivity contribution >= 4 is 27.3 Å². The number of sulfonamides is 1. The fourth-order valence-electron chi connectivity index (χ4n) is 5.17. The number of nitrogens with zero attached hydrogens (tertiary/aromatic N) is 4. The lowest BCUT2D eigenvalue weighted by Crippen LogP contribution is -2.51. The lowest BCUT2D eigenvalue weighted by molar-refractivity contribution is -0.132. The third-order valence-electron chi connectivity index (χ3n) is 7.36. The van der Waals surface area contributed by atoms with Crippen LogP contribution in [-0.2, 0) is 19.6 Å². The number of morpholine rings is 1. The Bertz CT molecular complexity index is 1020. The van der Waals surface area contributed by atoms with Gasteiger partial charge in [-0.2, -0.15) is 9.57 Å². The van der Waals surface area contributed by atoms with Crippen LogP contribution in [0.25, 0.3) is 0 Å². The molecule has 3 fully saturated rings. The van der Waals surface area contributed by atoms with Gasteiger partial charge in [0.2, 0.25) is 15.9 Å². The maximum absolute atomic E-state index is 13.2. The average molecular weight is 490 g/mol. The molecule has 1 aromatic rings. The van der Waals surface area contributed by atoms with Crippen LogP contribution in [0.2, 0.25) is 0 Å². The van der Waals surface area contributed by atoms with E-state index in [9.17, 15) is 18.5 Å². The van der Waals surface area contributed by atoms with Crippen molar-refractivity contribution in [3.8, 4) is 6.07 Å². The second-order valence-corrected chi connectivity index (χ2v) is 11.3. The summed E-state index contributed by atoms with van der Waals surface area (Å²) in [4.78, 5) is 17.1. The van der Waals surface area contributed by atoms with Crippen LogP contribution < -0.4 is 10.2 Å². The summed E-state index contributed by atoms with van der Waals surface area (Å²) in [5.74, 6) is -0.169. The molecule has 2 saturated heterocycles. The minimum absolute atomic E-state index is 0.00181. The fourth-order valence-corrected chi connectivity index (χ4v) is 6.61. The number of anilines is 2. The smallest absolute Gasteiger partial charge is 0.243 e. The van der Waals surface area contributed by atoms with Crippen molar-refractivity contribution in [3.63, 3.8) is 0 Å². The highest BCUT2D eigenvalue weighted by atomic mass is 32.2. The van der Waals surface area contributed by atoms with E-state index < -0.39 is 15.6 Å². The van der Waals surface area contributed by atoms with Crippen molar-refractivity contribution in [3.05, 3.63) is 18.2 Å². The number of benzene rings is 1. The van der Waals surface area contributed by atoms with Crippen LogP contribution >= 0.6 is 0 Å². The van der Waals surface area contributed by atoms with Gasteiger partial charge in [0.1, 0.15) is 5.54 Å². The summed E-state index contributed by atoms with van der Waals surface area (Å²) in [6, 6.07) is 7.53. The first-order valence-electron chi connectivity index (χ1n) is 12.3. The van der Waals surface area contributed by atoms with Crippen molar-refractivity contribution in [2.24, 2.45) is 0 Å². The highest BCUT2D eigenvalue weighted by Gasteiger charge is 2.38. The molecule has 2 aliphatic heterocycles. The number of rotatable bonds is 7. The van der Waals surface area contributed by atoms with Gasteiger partial charge >= 0.3 is 0 Å². The van der Waals surface area contributed by atoms with E-state index in [0.717, 1.165) is 50.9 Å². The molecule has 1 aliphatic carbocycles. The Morgan fingerprint density at radius 1 is 1.12 bits per heavy atom. The summed E-state index contributed by atoms with van der Waals surface area (Å²) < 4.78 is 33.2. The van der Waals surface area contributed by atoms with E-state index in [1.807, 2.05) is 6.07 Å². The zero-order valence-corrected chi connectivity index (χ0v) is 20.8. The van der Waals surface area contributed by atoms with Crippen molar-refractivity contribution < 1.29 is 17.9 Å². The number of carbonyl (C=O) groups is 1. The maximum atomic E-state index is 13.2. The molecule has 0 radical (unpaired) electrons. The Morgan fingerprint density at radius 3 is 2.44 bits per heavy atom. The molecular weight excluding hydrogens is 454 g/mol. The first-order chi connectivity index (χ1) is 16.4. The van der Waals surface area contributed by atoms with Crippen molar-refractivity contribution in [1.82, 2.24) is 9.21 Å². The number of ether oxygens (including phenoxy) is 1. The van der Waals surface area contributed by atoms with Gasteiger partial charge in [0, 0.05) is 33.2 Å². The number of nitriles is 1. The van der Waals surface area contributed by atoms with Gasteiger partial charge in [0.05, 0.1) is 42.1 Å². The van der Waals surface area contributed by atoms with E-state index in [1.165, 1.54) is 4.31 Å². The molecule has 10 heteroatoms. The van der Waals surface area contributed by atoms with E-state index in [1.54, 1.807) is 24.1 Å². The van der Waals surface area contributed by atoms with Crippen LogP contribution in [0, 0.1) is 11.3 Å². The number of hydrogen-bond acceptors (Lipinski definition) is 7. The van der Waals surface area contributed by atoms with Crippen LogP contribution in [0.15, 0.2) is 23.1 Å². The van der Waals surface area contributed by atoms with E-state index >= 15 is 0 Å². The van der Waals surface area contributed by atoms with E-state index in [-0.39, 0.29) is 17.3 Å². The van der Waals surface area contributed by atoms with Crippen LogP contribution in [0.1, 0.15) is 44.9 Å². The average Bonchev–Trinajstić information content (AvgIpc) is 3.42. The molecular formula is C24H35N5O4S. The number of amides is 1. The molecule has 0 bridgehead atoms. The van der Waals surface area contributed by atoms with Gasteiger partial charge in [-0.15, -0.1) is 0 Å². The largest absolute Gasteiger partial charge is 0.379 e. The molecule has 186 valence electrons. The standard InChI is InChI=1S/C24H35N5O4S/c1-27(24(19-25)9-3-2-4-10-24)23(30)18-26-21-17-20(7-8-22(21)28-11-5-6-12-28)34(31,32)29-13-15-33-16-14-29/h7-8,17,26H,2-6,9-16,18H2,1H3. The fraction of sp³-hybridized carbons (Fsp3) is 0.667. The van der Waals surface area contributed by atoms with Gasteiger partial charge in [0.15, 0.2) is 0 Å². The predicted octanol–water partition coefficient (Wildman–Crippen LogP) is 2.40. The SMILES string of the molecule is CN(C(=O)CNc1cc(S(=O)(=O)N2CCOCC2)ccc1N1CCCC1)C1(C#N)CCCCC1. The third-order valence-corrected chi connectivity index (χ3v) is 9.25. The van der Waals surface area contributed by atoms with Crippen LogP contribution in [-0.4, -0.2) is 82.1 Å². The Morgan fingerprint density at radius 2 is 1.79 bits per heavy atom. The molecule has 2 heterocycles. The van der Waals surface area contributed by atoms with Gasteiger partial charge < -0.3 is 19.9 Å². The molecule has 0 spiro atoms. The van der Waals surface area contributed by atoms with Crippen LogP contribution in [0.4, 0.5) is 11.4 Å². The molecule has 0 atom stereocenters. The van der Waals surface area contributed by atoms with Gasteiger partial charge in [0.25, 0.3) is 0 Å². The Balaban J connectivity index is 1.55. The molecule has 1 aromatic carbocycles. The zero-order chi connectivity index (χ0) is 24.2. The molecule has 1 N–H and O–H groups in total. The zero-order valence-electron chi connectivity index (χ0n) is 20.0. The van der Waals surface area contributed by atoms with Gasteiger partial charge in [-0.1, -0.05) is 19.3 Å². The molecule has 34 heavy (non-hydrogen) atoms. The summed E-state index contributed by atoms with van der Waals surface area (Å²) in [6.45, 7) is 3.24. The third kappa shape index (κ3) is 5.02. The topological polar surface area (TPSA) is 106 Å². The molecule has 0 aromatic heterocycles. The summed E-state index contributed by atoms with van der Waals surface area (Å²) in [5.41, 5.74) is 0.783. The van der Waals surface area contributed by atoms with Crippen molar-refractivity contribution in [2.45, 2.75) is 55.4 Å². The minimum Gasteiger partial charge on any atom is -0.379 e. The molecule has 1 saturated carbocycles. The summed E-state index contributed by atoms with van der Waals surface area (Å²) in [5, 5.41) is 13.0. The number of hydrogen-bond donors (Lipinski definition) is 1. The first-order valence-corrected chi connectivity index (χ1v) is 13.7. The summed E-state index contributed by atoms with van der Waals surface area (Å²) in [6.07, 6.45) is 6.53. The highest BCUT2D eigenvalue weighted by Crippen LogP contribution is 2.34. The Labute approximate surface area is 202 Å². The second-order valence-electron chi connectivity index (χ2n) is 9.40. The number of carbonyl (C=O) groups excluding carboxylic acids is 1. The van der Waals surface area contributed by atoms with E-state index in [4.69, 9.17) is 4.74 Å². The lowest BCUT2D eigenvalue weighted by atomic mass is 9.81. The molecule has 0 unspecified atom stereocenters. The van der Waals surface area contributed by atoms with Crippen LogP contribution in [0.5, 0.6) is 0 Å². The van der Waals surface area contributed by atoms with Crippen molar-refractivity contribution in [1.29, 1.82) is 5.26 Å². The normalized spacial score (nSPS) is 21.1. The van der Waals surface area contributed by atoms with Gasteiger partial charge in [-0.25, -0.2) is 8.42 Å². The molecule has 3 aliphatic rings. The van der Waals surface area contributed by atoms with Crippen molar-refractivity contribution in [2.75, 3.05) is 63.2 Å².